The highest BCUT2D eigenvalue weighted by Crippen LogP contribution is 2.21. The van der Waals surface area contributed by atoms with Crippen molar-refractivity contribution in [2.24, 2.45) is 0 Å². The minimum absolute atomic E-state index is 0.0609. The van der Waals surface area contributed by atoms with Crippen LogP contribution >= 0.6 is 0 Å². The van der Waals surface area contributed by atoms with Crippen LogP contribution in [0.3, 0.4) is 0 Å². The van der Waals surface area contributed by atoms with E-state index in [1.54, 1.807) is 0 Å². The number of benzene rings is 2. The monoisotopic (exact) mass is 416 g/mol. The number of halogens is 3. The number of para-hydroxylation sites is 1. The van der Waals surface area contributed by atoms with Crippen molar-refractivity contribution < 1.29 is 35.9 Å². The highest BCUT2D eigenvalue weighted by atomic mass is 32.2. The molecule has 150 valence electrons. The van der Waals surface area contributed by atoms with Crippen LogP contribution in [0.15, 0.2) is 36.4 Å². The smallest absolute Gasteiger partial charge is 0.341 e. The van der Waals surface area contributed by atoms with E-state index in [9.17, 15) is 31.2 Å². The van der Waals surface area contributed by atoms with Crippen LogP contribution in [0.4, 0.5) is 24.5 Å². The Bertz CT molecular complexity index is 1030. The van der Waals surface area contributed by atoms with E-state index in [2.05, 4.69) is 4.72 Å². The summed E-state index contributed by atoms with van der Waals surface area (Å²) in [5.74, 6) is -6.82. The van der Waals surface area contributed by atoms with Gasteiger partial charge in [0.1, 0.15) is 0 Å². The highest BCUT2D eigenvalue weighted by molar-refractivity contribution is 7.92. The maximum absolute atomic E-state index is 13.6. The van der Waals surface area contributed by atoms with Gasteiger partial charge in [-0.1, -0.05) is 12.1 Å². The van der Waals surface area contributed by atoms with E-state index in [4.69, 9.17) is 4.74 Å². The van der Waals surface area contributed by atoms with Crippen LogP contribution in [0.1, 0.15) is 17.3 Å². The van der Waals surface area contributed by atoms with Gasteiger partial charge in [0.25, 0.3) is 5.91 Å². The molecule has 0 aliphatic carbocycles. The van der Waals surface area contributed by atoms with Gasteiger partial charge >= 0.3 is 5.97 Å². The molecule has 2 rings (SSSR count). The topological polar surface area (TPSA) is 102 Å². The van der Waals surface area contributed by atoms with Crippen molar-refractivity contribution in [2.45, 2.75) is 13.0 Å². The first-order chi connectivity index (χ1) is 13.0. The van der Waals surface area contributed by atoms with Crippen LogP contribution in [0, 0.1) is 17.5 Å². The van der Waals surface area contributed by atoms with Gasteiger partial charge in [0.2, 0.25) is 10.0 Å². The summed E-state index contributed by atoms with van der Waals surface area (Å²) in [4.78, 5) is 24.3. The number of rotatable bonds is 6. The predicted octanol–water partition coefficient (Wildman–Crippen LogP) is 2.66. The summed E-state index contributed by atoms with van der Waals surface area (Å²) < 4.78 is 69.6. The molecule has 0 heterocycles. The number of hydrogen-bond donors (Lipinski definition) is 2. The van der Waals surface area contributed by atoms with Crippen LogP contribution in [0.5, 0.6) is 0 Å². The van der Waals surface area contributed by atoms with Gasteiger partial charge in [-0.15, -0.1) is 0 Å². The maximum atomic E-state index is 13.6. The molecule has 1 amide bonds. The van der Waals surface area contributed by atoms with Crippen LogP contribution in [-0.4, -0.2) is 32.7 Å². The third kappa shape index (κ3) is 5.22. The molecule has 0 aliphatic heterocycles. The van der Waals surface area contributed by atoms with Gasteiger partial charge in [0.05, 0.1) is 23.2 Å². The standard InChI is InChI=1S/C17H15F3N2O5S/c1-9(16(23)21-13-8-7-11(18)14(19)15(13)20)27-17(24)10-5-3-4-6-12(10)22-28(2,25)26/h3-9,22H,1-2H3,(H,21,23)/t9-/m1/s1. The second-order valence-electron chi connectivity index (χ2n) is 5.68. The number of ether oxygens (including phenoxy) is 1. The quantitative estimate of drug-likeness (QED) is 0.557. The molecule has 11 heteroatoms. The zero-order valence-electron chi connectivity index (χ0n) is 14.6. The summed E-state index contributed by atoms with van der Waals surface area (Å²) >= 11 is 0. The van der Waals surface area contributed by atoms with Gasteiger partial charge in [-0.2, -0.15) is 0 Å². The number of carbonyl (C=O) groups excluding carboxylic acids is 2. The number of anilines is 2. The number of hydrogen-bond acceptors (Lipinski definition) is 5. The first-order valence-electron chi connectivity index (χ1n) is 7.71. The molecule has 0 saturated carbocycles. The lowest BCUT2D eigenvalue weighted by atomic mass is 10.2. The molecular formula is C17H15F3N2O5S. The van der Waals surface area contributed by atoms with E-state index in [1.807, 2.05) is 5.32 Å². The number of esters is 1. The molecule has 0 saturated heterocycles. The minimum Gasteiger partial charge on any atom is -0.449 e. The number of amides is 1. The van der Waals surface area contributed by atoms with Gasteiger partial charge in [-0.25, -0.2) is 26.4 Å². The van der Waals surface area contributed by atoms with E-state index >= 15 is 0 Å². The maximum Gasteiger partial charge on any atom is 0.341 e. The SMILES string of the molecule is C[C@@H](OC(=O)c1ccccc1NS(C)(=O)=O)C(=O)Nc1ccc(F)c(F)c1F. The summed E-state index contributed by atoms with van der Waals surface area (Å²) in [6.45, 7) is 1.16. The van der Waals surface area contributed by atoms with E-state index < -0.39 is 51.1 Å². The van der Waals surface area contributed by atoms with Crippen molar-refractivity contribution in [1.82, 2.24) is 0 Å². The van der Waals surface area contributed by atoms with Crippen LogP contribution < -0.4 is 10.0 Å². The van der Waals surface area contributed by atoms with E-state index in [0.29, 0.717) is 6.07 Å². The Morgan fingerprint density at radius 1 is 1.00 bits per heavy atom. The molecule has 0 fully saturated rings. The van der Waals surface area contributed by atoms with E-state index in [-0.39, 0.29) is 11.3 Å². The van der Waals surface area contributed by atoms with Crippen LogP contribution in [0.2, 0.25) is 0 Å². The third-order valence-corrected chi connectivity index (χ3v) is 3.98. The molecule has 1 atom stereocenters. The Labute approximate surface area is 158 Å². The number of sulfonamides is 1. The molecule has 0 bridgehead atoms. The summed E-state index contributed by atoms with van der Waals surface area (Å²) in [7, 11) is -3.68. The molecule has 2 aromatic rings. The third-order valence-electron chi connectivity index (χ3n) is 3.39. The number of nitrogens with one attached hydrogen (secondary N) is 2. The fourth-order valence-corrected chi connectivity index (χ4v) is 2.66. The van der Waals surface area contributed by atoms with Crippen LogP contribution in [0.25, 0.3) is 0 Å². The lowest BCUT2D eigenvalue weighted by Crippen LogP contribution is -2.30. The van der Waals surface area contributed by atoms with Gasteiger partial charge in [0, 0.05) is 0 Å². The predicted molar refractivity (Wildman–Crippen MR) is 94.7 cm³/mol. The summed E-state index contributed by atoms with van der Waals surface area (Å²) in [5, 5.41) is 1.98. The van der Waals surface area contributed by atoms with Crippen molar-refractivity contribution in [1.29, 1.82) is 0 Å². The van der Waals surface area contributed by atoms with E-state index in [1.165, 1.54) is 24.3 Å². The second kappa shape index (κ2) is 8.30. The number of carbonyl (C=O) groups is 2. The van der Waals surface area contributed by atoms with Gasteiger partial charge in [0.15, 0.2) is 23.6 Å². The zero-order chi connectivity index (χ0) is 21.1. The fraction of sp³-hybridized carbons (Fsp3) is 0.176. The van der Waals surface area contributed by atoms with Gasteiger partial charge in [-0.05, 0) is 31.2 Å². The van der Waals surface area contributed by atoms with Crippen molar-refractivity contribution in [3.8, 4) is 0 Å². The average Bonchev–Trinajstić information content (AvgIpc) is 2.61. The Morgan fingerprint density at radius 2 is 1.64 bits per heavy atom. The van der Waals surface area contributed by atoms with Crippen molar-refractivity contribution >= 4 is 33.3 Å². The highest BCUT2D eigenvalue weighted by Gasteiger charge is 2.23. The molecule has 2 N–H and O–H groups in total. The lowest BCUT2D eigenvalue weighted by molar-refractivity contribution is -0.123. The molecule has 0 unspecified atom stereocenters. The Balaban J connectivity index is 2.13. The molecule has 28 heavy (non-hydrogen) atoms. The van der Waals surface area contributed by atoms with Gasteiger partial charge < -0.3 is 10.1 Å². The first kappa shape index (κ1) is 21.2. The second-order valence-corrected chi connectivity index (χ2v) is 7.43. The van der Waals surface area contributed by atoms with Crippen molar-refractivity contribution in [2.75, 3.05) is 16.3 Å². The summed E-state index contributed by atoms with van der Waals surface area (Å²) in [5.41, 5.74) is -0.855. The normalized spacial score (nSPS) is 12.2. The Morgan fingerprint density at radius 3 is 2.29 bits per heavy atom. The zero-order valence-corrected chi connectivity index (χ0v) is 15.4. The van der Waals surface area contributed by atoms with Crippen molar-refractivity contribution in [3.05, 3.63) is 59.4 Å². The molecular weight excluding hydrogens is 401 g/mol. The summed E-state index contributed by atoms with van der Waals surface area (Å²) in [6, 6.07) is 6.95. The van der Waals surface area contributed by atoms with E-state index in [0.717, 1.165) is 19.2 Å². The molecule has 0 aromatic heterocycles. The summed E-state index contributed by atoms with van der Waals surface area (Å²) in [6.07, 6.45) is -0.562. The minimum atomic E-state index is -3.68. The molecule has 0 spiro atoms. The first-order valence-corrected chi connectivity index (χ1v) is 9.61. The fourth-order valence-electron chi connectivity index (χ4n) is 2.08. The van der Waals surface area contributed by atoms with Crippen molar-refractivity contribution in [3.63, 3.8) is 0 Å². The Kier molecular flexibility index (Phi) is 6.29. The molecule has 2 aromatic carbocycles. The lowest BCUT2D eigenvalue weighted by Gasteiger charge is -2.15. The molecule has 7 nitrogen and oxygen atoms in total. The molecule has 0 radical (unpaired) electrons. The molecule has 0 aliphatic rings. The average molecular weight is 416 g/mol. The largest absolute Gasteiger partial charge is 0.449 e. The van der Waals surface area contributed by atoms with Crippen LogP contribution in [-0.2, 0) is 19.6 Å². The van der Waals surface area contributed by atoms with Gasteiger partial charge in [-0.3, -0.25) is 9.52 Å². The Hall–Kier alpha value is -3.08.